The molecular formula is C14H20N2O3. The molecule has 0 bridgehead atoms. The van der Waals surface area contributed by atoms with Crippen molar-refractivity contribution in [3.05, 3.63) is 29.8 Å². The van der Waals surface area contributed by atoms with E-state index in [4.69, 9.17) is 4.74 Å². The largest absolute Gasteiger partial charge is 0.465 e. The molecule has 0 fully saturated rings. The lowest BCUT2D eigenvalue weighted by atomic mass is 10.1. The number of rotatable bonds is 6. The summed E-state index contributed by atoms with van der Waals surface area (Å²) < 4.78 is 4.76. The lowest BCUT2D eigenvalue weighted by Gasteiger charge is -2.21. The van der Waals surface area contributed by atoms with E-state index in [9.17, 15) is 9.59 Å². The molecule has 0 spiro atoms. The molecule has 0 aliphatic heterocycles. The number of benzene rings is 1. The summed E-state index contributed by atoms with van der Waals surface area (Å²) in [5.41, 5.74) is 1.35. The first-order valence-electron chi connectivity index (χ1n) is 6.19. The maximum atomic E-state index is 11.7. The predicted octanol–water partition coefficient (Wildman–Crippen LogP) is 1.44. The van der Waals surface area contributed by atoms with Crippen molar-refractivity contribution in [3.8, 4) is 0 Å². The van der Waals surface area contributed by atoms with Crippen LogP contribution in [0.3, 0.4) is 0 Å². The van der Waals surface area contributed by atoms with E-state index >= 15 is 0 Å². The molecule has 0 heterocycles. The summed E-state index contributed by atoms with van der Waals surface area (Å²) in [4.78, 5) is 24.8. The number of methoxy groups -OCH3 is 1. The van der Waals surface area contributed by atoms with Crippen LogP contribution in [0.5, 0.6) is 0 Å². The van der Waals surface area contributed by atoms with E-state index in [0.717, 1.165) is 12.1 Å². The number of ether oxygens (including phenoxy) is 1. The Bertz CT molecular complexity index is 446. The zero-order valence-electron chi connectivity index (χ0n) is 11.6. The van der Waals surface area contributed by atoms with Crippen molar-refractivity contribution in [2.45, 2.75) is 12.8 Å². The van der Waals surface area contributed by atoms with E-state index < -0.39 is 0 Å². The maximum Gasteiger partial charge on any atom is 0.339 e. The molecule has 104 valence electrons. The molecule has 0 aromatic heterocycles. The number of carbonyl (C=O) groups excluding carboxylic acids is 2. The van der Waals surface area contributed by atoms with Gasteiger partial charge in [-0.1, -0.05) is 12.1 Å². The highest BCUT2D eigenvalue weighted by atomic mass is 16.5. The third-order valence-corrected chi connectivity index (χ3v) is 2.90. The summed E-state index contributed by atoms with van der Waals surface area (Å²) >= 11 is 0. The smallest absolute Gasteiger partial charge is 0.339 e. The fourth-order valence-corrected chi connectivity index (χ4v) is 1.81. The van der Waals surface area contributed by atoms with Gasteiger partial charge in [0.1, 0.15) is 0 Å². The molecule has 1 aromatic carbocycles. The molecule has 0 saturated carbocycles. The Morgan fingerprint density at radius 2 is 2.00 bits per heavy atom. The van der Waals surface area contributed by atoms with Gasteiger partial charge in [0, 0.05) is 27.1 Å². The Hall–Kier alpha value is -2.04. The van der Waals surface area contributed by atoms with Crippen LogP contribution >= 0.6 is 0 Å². The second kappa shape index (κ2) is 7.41. The first-order chi connectivity index (χ1) is 9.10. The number of anilines is 1. The first kappa shape index (κ1) is 15.0. The highest BCUT2D eigenvalue weighted by Gasteiger charge is 2.14. The number of nitrogens with zero attached hydrogens (tertiary/aromatic N) is 1. The topological polar surface area (TPSA) is 58.6 Å². The van der Waals surface area contributed by atoms with Gasteiger partial charge in [-0.25, -0.2) is 4.79 Å². The van der Waals surface area contributed by atoms with Crippen LogP contribution in [0.4, 0.5) is 5.69 Å². The predicted molar refractivity (Wildman–Crippen MR) is 74.4 cm³/mol. The number of amides is 1. The van der Waals surface area contributed by atoms with Crippen molar-refractivity contribution in [1.29, 1.82) is 0 Å². The van der Waals surface area contributed by atoms with E-state index in [2.05, 4.69) is 5.32 Å². The van der Waals surface area contributed by atoms with E-state index in [-0.39, 0.29) is 11.9 Å². The summed E-state index contributed by atoms with van der Waals surface area (Å²) in [5, 5.41) is 2.59. The average molecular weight is 264 g/mol. The summed E-state index contributed by atoms with van der Waals surface area (Å²) in [7, 11) is 4.88. The molecule has 19 heavy (non-hydrogen) atoms. The zero-order chi connectivity index (χ0) is 14.3. The molecule has 1 amide bonds. The summed E-state index contributed by atoms with van der Waals surface area (Å²) in [6.07, 6.45) is 1.20. The van der Waals surface area contributed by atoms with Gasteiger partial charge in [-0.05, 0) is 18.6 Å². The van der Waals surface area contributed by atoms with Gasteiger partial charge >= 0.3 is 5.97 Å². The van der Waals surface area contributed by atoms with Crippen LogP contribution in [-0.4, -0.2) is 39.6 Å². The van der Waals surface area contributed by atoms with Gasteiger partial charge < -0.3 is 15.0 Å². The second-order valence-electron chi connectivity index (χ2n) is 4.21. The van der Waals surface area contributed by atoms with Crippen molar-refractivity contribution < 1.29 is 14.3 Å². The molecule has 1 rings (SSSR count). The Kier molecular flexibility index (Phi) is 5.85. The quantitative estimate of drug-likeness (QED) is 0.790. The number of carbonyl (C=O) groups is 2. The van der Waals surface area contributed by atoms with Gasteiger partial charge in [-0.3, -0.25) is 4.79 Å². The standard InChI is InChI=1S/C14H20N2O3/c1-15-13(17)9-6-10-16(2)12-8-5-4-7-11(12)14(18)19-3/h4-5,7-8H,6,9-10H2,1-3H3,(H,15,17). The SMILES string of the molecule is CNC(=O)CCCN(C)c1ccccc1C(=O)OC. The van der Waals surface area contributed by atoms with Gasteiger partial charge in [-0.2, -0.15) is 0 Å². The Morgan fingerprint density at radius 1 is 1.32 bits per heavy atom. The zero-order valence-corrected chi connectivity index (χ0v) is 11.6. The molecule has 0 radical (unpaired) electrons. The molecule has 1 aromatic rings. The molecular weight excluding hydrogens is 244 g/mol. The molecule has 5 heteroatoms. The van der Waals surface area contributed by atoms with Crippen LogP contribution in [0.1, 0.15) is 23.2 Å². The van der Waals surface area contributed by atoms with Crippen LogP contribution in [0.15, 0.2) is 24.3 Å². The number of para-hydroxylation sites is 1. The van der Waals surface area contributed by atoms with Crippen LogP contribution in [-0.2, 0) is 9.53 Å². The summed E-state index contributed by atoms with van der Waals surface area (Å²) in [6.45, 7) is 0.696. The highest BCUT2D eigenvalue weighted by molar-refractivity contribution is 5.95. The van der Waals surface area contributed by atoms with Crippen molar-refractivity contribution >= 4 is 17.6 Å². The monoisotopic (exact) mass is 264 g/mol. The Balaban J connectivity index is 2.68. The van der Waals surface area contributed by atoms with Gasteiger partial charge in [0.25, 0.3) is 0 Å². The van der Waals surface area contributed by atoms with Crippen LogP contribution in [0.25, 0.3) is 0 Å². The Labute approximate surface area is 113 Å². The molecule has 0 aliphatic carbocycles. The van der Waals surface area contributed by atoms with Gasteiger partial charge in [-0.15, -0.1) is 0 Å². The fourth-order valence-electron chi connectivity index (χ4n) is 1.81. The van der Waals surface area contributed by atoms with E-state index in [0.29, 0.717) is 18.5 Å². The van der Waals surface area contributed by atoms with E-state index in [1.54, 1.807) is 19.2 Å². The minimum absolute atomic E-state index is 0.0228. The van der Waals surface area contributed by atoms with E-state index in [1.807, 2.05) is 24.1 Å². The average Bonchev–Trinajstić information content (AvgIpc) is 2.45. The third-order valence-electron chi connectivity index (χ3n) is 2.90. The van der Waals surface area contributed by atoms with Crippen molar-refractivity contribution in [2.75, 3.05) is 32.6 Å². The summed E-state index contributed by atoms with van der Waals surface area (Å²) in [6, 6.07) is 7.27. The normalized spacial score (nSPS) is 9.84. The minimum atomic E-state index is -0.353. The molecule has 1 N–H and O–H groups in total. The van der Waals surface area contributed by atoms with Crippen LogP contribution in [0.2, 0.25) is 0 Å². The lowest BCUT2D eigenvalue weighted by molar-refractivity contribution is -0.120. The molecule has 0 saturated heterocycles. The molecule has 0 atom stereocenters. The molecule has 0 unspecified atom stereocenters. The minimum Gasteiger partial charge on any atom is -0.465 e. The number of hydrogen-bond acceptors (Lipinski definition) is 4. The van der Waals surface area contributed by atoms with Crippen molar-refractivity contribution in [1.82, 2.24) is 5.32 Å². The van der Waals surface area contributed by atoms with Gasteiger partial charge in [0.15, 0.2) is 0 Å². The second-order valence-corrected chi connectivity index (χ2v) is 4.21. The lowest BCUT2D eigenvalue weighted by Crippen LogP contribution is -2.24. The molecule has 5 nitrogen and oxygen atoms in total. The highest BCUT2D eigenvalue weighted by Crippen LogP contribution is 2.20. The third kappa shape index (κ3) is 4.28. The molecule has 0 aliphatic rings. The Morgan fingerprint density at radius 3 is 2.63 bits per heavy atom. The van der Waals surface area contributed by atoms with Gasteiger partial charge in [0.05, 0.1) is 18.4 Å². The number of esters is 1. The van der Waals surface area contributed by atoms with Crippen LogP contribution < -0.4 is 10.2 Å². The van der Waals surface area contributed by atoms with Crippen LogP contribution in [0, 0.1) is 0 Å². The number of nitrogens with one attached hydrogen (secondary N) is 1. The van der Waals surface area contributed by atoms with Crippen molar-refractivity contribution in [2.24, 2.45) is 0 Å². The van der Waals surface area contributed by atoms with E-state index in [1.165, 1.54) is 7.11 Å². The van der Waals surface area contributed by atoms with Gasteiger partial charge in [0.2, 0.25) is 5.91 Å². The first-order valence-corrected chi connectivity index (χ1v) is 6.19. The summed E-state index contributed by atoms with van der Waals surface area (Å²) in [5.74, 6) is -0.330. The number of hydrogen-bond donors (Lipinski definition) is 1. The maximum absolute atomic E-state index is 11.7. The van der Waals surface area contributed by atoms with Crippen molar-refractivity contribution in [3.63, 3.8) is 0 Å². The fraction of sp³-hybridized carbons (Fsp3) is 0.429.